The molecule has 0 saturated heterocycles. The van der Waals surface area contributed by atoms with Crippen LogP contribution in [0.5, 0.6) is 0 Å². The van der Waals surface area contributed by atoms with Gasteiger partial charge in [-0.3, -0.25) is 9.59 Å². The molecule has 1 unspecified atom stereocenters. The van der Waals surface area contributed by atoms with Gasteiger partial charge in [0.05, 0.1) is 0 Å². The second-order valence-electron chi connectivity index (χ2n) is 7.74. The lowest BCUT2D eigenvalue weighted by Gasteiger charge is -2.32. The van der Waals surface area contributed by atoms with Crippen molar-refractivity contribution in [1.29, 1.82) is 0 Å². The molecule has 2 aromatic carbocycles. The third-order valence-corrected chi connectivity index (χ3v) is 4.69. The molecule has 0 aromatic heterocycles. The van der Waals surface area contributed by atoms with E-state index in [1.165, 1.54) is 12.1 Å². The van der Waals surface area contributed by atoms with E-state index >= 15 is 0 Å². The Morgan fingerprint density at radius 1 is 1.00 bits per heavy atom. The van der Waals surface area contributed by atoms with Gasteiger partial charge in [-0.15, -0.1) is 0 Å². The fraction of sp³-hybridized carbons (Fsp3) is 0.417. The first-order valence-corrected chi connectivity index (χ1v) is 10.3. The number of hydrogen-bond acceptors (Lipinski definition) is 2. The molecule has 1 N–H and O–H groups in total. The zero-order valence-electron chi connectivity index (χ0n) is 17.5. The fourth-order valence-electron chi connectivity index (χ4n) is 3.12. The van der Waals surface area contributed by atoms with Crippen LogP contribution < -0.4 is 5.32 Å². The number of rotatable bonds is 10. The Kier molecular flexibility index (Phi) is 8.84. The van der Waals surface area contributed by atoms with Gasteiger partial charge in [-0.05, 0) is 35.6 Å². The first-order valence-electron chi connectivity index (χ1n) is 10.3. The van der Waals surface area contributed by atoms with Crippen molar-refractivity contribution in [3.8, 4) is 0 Å². The SMILES string of the molecule is CCCC(=O)N(Cc1ccc(F)cc1)C(Cc1ccccc1)C(=O)NCC(C)C. The summed E-state index contributed by atoms with van der Waals surface area (Å²) < 4.78 is 13.3. The predicted octanol–water partition coefficient (Wildman–Crippen LogP) is 4.34. The molecule has 156 valence electrons. The van der Waals surface area contributed by atoms with E-state index in [1.807, 2.05) is 51.1 Å². The first-order chi connectivity index (χ1) is 13.9. The maximum Gasteiger partial charge on any atom is 0.243 e. The van der Waals surface area contributed by atoms with Gasteiger partial charge in [0.15, 0.2) is 0 Å². The Bertz CT molecular complexity index is 775. The number of amides is 2. The van der Waals surface area contributed by atoms with Crippen LogP contribution in [0.2, 0.25) is 0 Å². The molecule has 0 spiro atoms. The molecule has 0 saturated carbocycles. The third-order valence-electron chi connectivity index (χ3n) is 4.69. The maximum absolute atomic E-state index is 13.3. The number of nitrogens with zero attached hydrogens (tertiary/aromatic N) is 1. The maximum atomic E-state index is 13.3. The molecular formula is C24H31FN2O2. The molecular weight excluding hydrogens is 367 g/mol. The second kappa shape index (κ2) is 11.3. The van der Waals surface area contributed by atoms with Crippen molar-refractivity contribution in [3.05, 3.63) is 71.5 Å². The molecule has 0 fully saturated rings. The summed E-state index contributed by atoms with van der Waals surface area (Å²) in [5.41, 5.74) is 1.79. The molecule has 0 bridgehead atoms. The summed E-state index contributed by atoms with van der Waals surface area (Å²) in [6.07, 6.45) is 1.50. The van der Waals surface area contributed by atoms with E-state index < -0.39 is 6.04 Å². The number of benzene rings is 2. The highest BCUT2D eigenvalue weighted by Crippen LogP contribution is 2.17. The van der Waals surface area contributed by atoms with Crippen molar-refractivity contribution in [1.82, 2.24) is 10.2 Å². The fourth-order valence-corrected chi connectivity index (χ4v) is 3.12. The minimum atomic E-state index is -0.625. The molecule has 2 aromatic rings. The highest BCUT2D eigenvalue weighted by atomic mass is 19.1. The monoisotopic (exact) mass is 398 g/mol. The summed E-state index contributed by atoms with van der Waals surface area (Å²) in [5.74, 6) is -0.240. The Balaban J connectivity index is 2.33. The van der Waals surface area contributed by atoms with E-state index in [0.29, 0.717) is 31.7 Å². The van der Waals surface area contributed by atoms with Crippen LogP contribution in [0.3, 0.4) is 0 Å². The van der Waals surface area contributed by atoms with Crippen molar-refractivity contribution in [3.63, 3.8) is 0 Å². The van der Waals surface area contributed by atoms with E-state index in [1.54, 1.807) is 17.0 Å². The lowest BCUT2D eigenvalue weighted by molar-refractivity contribution is -0.141. The number of hydrogen-bond donors (Lipinski definition) is 1. The summed E-state index contributed by atoms with van der Waals surface area (Å²) in [4.78, 5) is 27.7. The predicted molar refractivity (Wildman–Crippen MR) is 114 cm³/mol. The molecule has 0 radical (unpaired) electrons. The third kappa shape index (κ3) is 7.33. The Morgan fingerprint density at radius 2 is 1.66 bits per heavy atom. The Hall–Kier alpha value is -2.69. The number of nitrogens with one attached hydrogen (secondary N) is 1. The van der Waals surface area contributed by atoms with Gasteiger partial charge >= 0.3 is 0 Å². The van der Waals surface area contributed by atoms with Crippen LogP contribution >= 0.6 is 0 Å². The number of carbonyl (C=O) groups excluding carboxylic acids is 2. The zero-order valence-corrected chi connectivity index (χ0v) is 17.5. The Morgan fingerprint density at radius 3 is 2.24 bits per heavy atom. The van der Waals surface area contributed by atoms with Crippen molar-refractivity contribution in [2.75, 3.05) is 6.54 Å². The van der Waals surface area contributed by atoms with Gasteiger partial charge < -0.3 is 10.2 Å². The lowest BCUT2D eigenvalue weighted by atomic mass is 10.0. The van der Waals surface area contributed by atoms with Crippen LogP contribution in [0.15, 0.2) is 54.6 Å². The molecule has 2 amide bonds. The minimum Gasteiger partial charge on any atom is -0.354 e. The van der Waals surface area contributed by atoms with Crippen LogP contribution in [-0.2, 0) is 22.6 Å². The second-order valence-corrected chi connectivity index (χ2v) is 7.74. The van der Waals surface area contributed by atoms with Gasteiger partial charge in [-0.25, -0.2) is 4.39 Å². The molecule has 4 nitrogen and oxygen atoms in total. The Labute approximate surface area is 173 Å². The number of halogens is 1. The van der Waals surface area contributed by atoms with Crippen LogP contribution in [0.4, 0.5) is 4.39 Å². The average Bonchev–Trinajstić information content (AvgIpc) is 2.71. The zero-order chi connectivity index (χ0) is 21.2. The van der Waals surface area contributed by atoms with Crippen LogP contribution in [-0.4, -0.2) is 29.3 Å². The largest absolute Gasteiger partial charge is 0.354 e. The van der Waals surface area contributed by atoms with Crippen LogP contribution in [0, 0.1) is 11.7 Å². The van der Waals surface area contributed by atoms with Gasteiger partial charge in [0.2, 0.25) is 11.8 Å². The molecule has 0 heterocycles. The summed E-state index contributed by atoms with van der Waals surface area (Å²) in [6.45, 7) is 6.83. The van der Waals surface area contributed by atoms with Crippen molar-refractivity contribution >= 4 is 11.8 Å². The highest BCUT2D eigenvalue weighted by molar-refractivity contribution is 5.88. The van der Waals surface area contributed by atoms with Gasteiger partial charge in [-0.1, -0.05) is 63.2 Å². The van der Waals surface area contributed by atoms with Gasteiger partial charge in [0.1, 0.15) is 11.9 Å². The van der Waals surface area contributed by atoms with Crippen LogP contribution in [0.1, 0.15) is 44.7 Å². The molecule has 0 aliphatic carbocycles. The summed E-state index contributed by atoms with van der Waals surface area (Å²) in [7, 11) is 0. The summed E-state index contributed by atoms with van der Waals surface area (Å²) in [5, 5.41) is 2.98. The molecule has 2 rings (SSSR count). The summed E-state index contributed by atoms with van der Waals surface area (Å²) in [6, 6.07) is 15.2. The average molecular weight is 399 g/mol. The van der Waals surface area contributed by atoms with E-state index in [4.69, 9.17) is 0 Å². The first kappa shape index (κ1) is 22.6. The quantitative estimate of drug-likeness (QED) is 0.647. The van der Waals surface area contributed by atoms with Gasteiger partial charge in [0, 0.05) is 25.9 Å². The van der Waals surface area contributed by atoms with Gasteiger partial charge in [0.25, 0.3) is 0 Å². The lowest BCUT2D eigenvalue weighted by Crippen LogP contribution is -2.51. The van der Waals surface area contributed by atoms with Crippen molar-refractivity contribution in [2.45, 2.75) is 52.6 Å². The minimum absolute atomic E-state index is 0.0718. The number of carbonyl (C=O) groups is 2. The highest BCUT2D eigenvalue weighted by Gasteiger charge is 2.29. The smallest absolute Gasteiger partial charge is 0.243 e. The molecule has 5 heteroatoms. The van der Waals surface area contributed by atoms with E-state index in [9.17, 15) is 14.0 Å². The van der Waals surface area contributed by atoms with Crippen molar-refractivity contribution < 1.29 is 14.0 Å². The molecule has 1 atom stereocenters. The molecule has 0 aliphatic rings. The van der Waals surface area contributed by atoms with Crippen LogP contribution in [0.25, 0.3) is 0 Å². The van der Waals surface area contributed by atoms with E-state index in [-0.39, 0.29) is 24.2 Å². The van der Waals surface area contributed by atoms with E-state index in [2.05, 4.69) is 5.32 Å². The van der Waals surface area contributed by atoms with E-state index in [0.717, 1.165) is 11.1 Å². The molecule has 0 aliphatic heterocycles. The van der Waals surface area contributed by atoms with Gasteiger partial charge in [-0.2, -0.15) is 0 Å². The normalized spacial score (nSPS) is 11.9. The topological polar surface area (TPSA) is 49.4 Å². The molecule has 29 heavy (non-hydrogen) atoms. The standard InChI is InChI=1S/C24H31FN2O2/c1-4-8-23(28)27(17-20-11-13-21(25)14-12-20)22(24(29)26-16-18(2)3)15-19-9-6-5-7-10-19/h5-7,9-14,18,22H,4,8,15-17H2,1-3H3,(H,26,29). The summed E-state index contributed by atoms with van der Waals surface area (Å²) >= 11 is 0. The van der Waals surface area contributed by atoms with Crippen molar-refractivity contribution in [2.24, 2.45) is 5.92 Å².